The number of urea groups is 1. The molecule has 1 rings (SSSR count). The van der Waals surface area contributed by atoms with Crippen molar-refractivity contribution in [1.29, 1.82) is 0 Å². The number of hydrogen-bond donors (Lipinski definition) is 2. The van der Waals surface area contributed by atoms with E-state index in [1.54, 1.807) is 4.90 Å². The number of likely N-dealkylation sites (tertiary alicyclic amines) is 1. The standard InChI is InChI=1S/C12H22N2O4/c1-2-18-10-5-8-14(9-6-10)12(17)13-7-3-4-11(15)16/h10H,2-9H2,1H3,(H,13,17)(H,15,16). The number of piperidine rings is 1. The van der Waals surface area contributed by atoms with E-state index in [-0.39, 0.29) is 18.6 Å². The molecule has 0 atom stereocenters. The monoisotopic (exact) mass is 258 g/mol. The number of hydrogen-bond acceptors (Lipinski definition) is 3. The van der Waals surface area contributed by atoms with E-state index in [1.807, 2.05) is 6.92 Å². The maximum Gasteiger partial charge on any atom is 0.317 e. The van der Waals surface area contributed by atoms with Gasteiger partial charge in [-0.25, -0.2) is 4.79 Å². The number of carboxylic acid groups (broad SMARTS) is 1. The summed E-state index contributed by atoms with van der Waals surface area (Å²) in [7, 11) is 0. The summed E-state index contributed by atoms with van der Waals surface area (Å²) in [6, 6.07) is -0.102. The average Bonchev–Trinajstić information content (AvgIpc) is 2.35. The summed E-state index contributed by atoms with van der Waals surface area (Å²) in [5.41, 5.74) is 0. The number of carboxylic acids is 1. The largest absolute Gasteiger partial charge is 0.481 e. The minimum absolute atomic E-state index is 0.0900. The van der Waals surface area contributed by atoms with Crippen LogP contribution in [0, 0.1) is 0 Å². The van der Waals surface area contributed by atoms with Gasteiger partial charge in [0.25, 0.3) is 0 Å². The first-order chi connectivity index (χ1) is 8.63. The average molecular weight is 258 g/mol. The Morgan fingerprint density at radius 3 is 2.61 bits per heavy atom. The van der Waals surface area contributed by atoms with Gasteiger partial charge in [0, 0.05) is 32.7 Å². The summed E-state index contributed by atoms with van der Waals surface area (Å²) < 4.78 is 5.51. The van der Waals surface area contributed by atoms with Crippen molar-refractivity contribution in [3.8, 4) is 0 Å². The van der Waals surface area contributed by atoms with E-state index in [1.165, 1.54) is 0 Å². The van der Waals surface area contributed by atoms with Crippen molar-refractivity contribution >= 4 is 12.0 Å². The van der Waals surface area contributed by atoms with Crippen LogP contribution in [0.4, 0.5) is 4.79 Å². The van der Waals surface area contributed by atoms with Gasteiger partial charge in [-0.2, -0.15) is 0 Å². The second kappa shape index (κ2) is 7.92. The van der Waals surface area contributed by atoms with E-state index in [0.29, 0.717) is 32.7 Å². The quantitative estimate of drug-likeness (QED) is 0.698. The fraction of sp³-hybridized carbons (Fsp3) is 0.833. The summed E-state index contributed by atoms with van der Waals surface area (Å²) in [5.74, 6) is -0.832. The van der Waals surface area contributed by atoms with E-state index >= 15 is 0 Å². The zero-order valence-corrected chi connectivity index (χ0v) is 10.9. The maximum atomic E-state index is 11.7. The highest BCUT2D eigenvalue weighted by molar-refractivity contribution is 5.74. The molecule has 1 heterocycles. The van der Waals surface area contributed by atoms with Gasteiger partial charge in [-0.3, -0.25) is 4.79 Å². The Morgan fingerprint density at radius 1 is 1.39 bits per heavy atom. The molecule has 2 amide bonds. The molecule has 6 nitrogen and oxygen atoms in total. The van der Waals surface area contributed by atoms with Gasteiger partial charge < -0.3 is 20.1 Å². The number of nitrogens with one attached hydrogen (secondary N) is 1. The van der Waals surface area contributed by atoms with Gasteiger partial charge in [-0.15, -0.1) is 0 Å². The highest BCUT2D eigenvalue weighted by Gasteiger charge is 2.22. The van der Waals surface area contributed by atoms with Crippen molar-refractivity contribution in [3.05, 3.63) is 0 Å². The molecular weight excluding hydrogens is 236 g/mol. The summed E-state index contributed by atoms with van der Waals surface area (Å²) in [6.45, 7) is 4.51. The predicted molar refractivity (Wildman–Crippen MR) is 66.5 cm³/mol. The number of rotatable bonds is 6. The number of carbonyl (C=O) groups excluding carboxylic acids is 1. The lowest BCUT2D eigenvalue weighted by atomic mass is 10.1. The van der Waals surface area contributed by atoms with Crippen LogP contribution in [0.1, 0.15) is 32.6 Å². The van der Waals surface area contributed by atoms with Crippen LogP contribution >= 0.6 is 0 Å². The van der Waals surface area contributed by atoms with Crippen molar-refractivity contribution in [2.75, 3.05) is 26.2 Å². The van der Waals surface area contributed by atoms with E-state index in [2.05, 4.69) is 5.32 Å². The Hall–Kier alpha value is -1.30. The Balaban J connectivity index is 2.14. The third-order valence-corrected chi connectivity index (χ3v) is 2.98. The third kappa shape index (κ3) is 5.35. The molecule has 0 radical (unpaired) electrons. The molecule has 6 heteroatoms. The van der Waals surface area contributed by atoms with Crippen molar-refractivity contribution in [2.24, 2.45) is 0 Å². The van der Waals surface area contributed by atoms with Gasteiger partial charge in [0.2, 0.25) is 0 Å². The molecule has 18 heavy (non-hydrogen) atoms. The molecule has 1 saturated heterocycles. The molecule has 2 N–H and O–H groups in total. The number of amides is 2. The number of ether oxygens (including phenoxy) is 1. The topological polar surface area (TPSA) is 78.9 Å². The van der Waals surface area contributed by atoms with Gasteiger partial charge in [0.15, 0.2) is 0 Å². The molecule has 0 unspecified atom stereocenters. The smallest absolute Gasteiger partial charge is 0.317 e. The molecule has 0 aromatic carbocycles. The van der Waals surface area contributed by atoms with Crippen LogP contribution in [0.25, 0.3) is 0 Å². The molecule has 1 aliphatic rings. The first kappa shape index (κ1) is 14.8. The summed E-state index contributed by atoms with van der Waals surface area (Å²) in [4.78, 5) is 23.8. The van der Waals surface area contributed by atoms with Crippen LogP contribution in [0.3, 0.4) is 0 Å². The number of nitrogens with zero attached hydrogens (tertiary/aromatic N) is 1. The molecule has 1 aliphatic heterocycles. The molecule has 0 aromatic rings. The summed E-state index contributed by atoms with van der Waals surface area (Å²) in [5, 5.41) is 11.2. The van der Waals surface area contributed by atoms with Crippen LogP contribution in [-0.4, -0.2) is 54.4 Å². The van der Waals surface area contributed by atoms with Crippen LogP contribution in [0.15, 0.2) is 0 Å². The molecule has 0 spiro atoms. The Labute approximate surface area is 107 Å². The van der Waals surface area contributed by atoms with Gasteiger partial charge in [0.1, 0.15) is 0 Å². The Morgan fingerprint density at radius 2 is 2.06 bits per heavy atom. The molecule has 1 fully saturated rings. The Bertz CT molecular complexity index is 275. The van der Waals surface area contributed by atoms with Crippen LogP contribution in [-0.2, 0) is 9.53 Å². The van der Waals surface area contributed by atoms with Gasteiger partial charge in [-0.1, -0.05) is 0 Å². The van der Waals surface area contributed by atoms with Crippen molar-refractivity contribution in [3.63, 3.8) is 0 Å². The highest BCUT2D eigenvalue weighted by atomic mass is 16.5. The minimum atomic E-state index is -0.832. The molecule has 0 saturated carbocycles. The molecular formula is C12H22N2O4. The Kier molecular flexibility index (Phi) is 6.49. The van der Waals surface area contributed by atoms with E-state index in [0.717, 1.165) is 12.8 Å². The molecule has 0 aliphatic carbocycles. The first-order valence-corrected chi connectivity index (χ1v) is 6.49. The summed E-state index contributed by atoms with van der Waals surface area (Å²) >= 11 is 0. The fourth-order valence-corrected chi connectivity index (χ4v) is 2.01. The maximum absolute atomic E-state index is 11.7. The normalized spacial score (nSPS) is 16.6. The van der Waals surface area contributed by atoms with E-state index < -0.39 is 5.97 Å². The van der Waals surface area contributed by atoms with Crippen molar-refractivity contribution < 1.29 is 19.4 Å². The number of aliphatic carboxylic acids is 1. The SMILES string of the molecule is CCOC1CCN(C(=O)NCCCC(=O)O)CC1. The summed E-state index contributed by atoms with van der Waals surface area (Å²) in [6.07, 6.45) is 2.57. The van der Waals surface area contributed by atoms with Crippen LogP contribution < -0.4 is 5.32 Å². The highest BCUT2D eigenvalue weighted by Crippen LogP contribution is 2.13. The van der Waals surface area contributed by atoms with Gasteiger partial charge in [0.05, 0.1) is 6.10 Å². The van der Waals surface area contributed by atoms with Crippen molar-refractivity contribution in [2.45, 2.75) is 38.7 Å². The lowest BCUT2D eigenvalue weighted by Gasteiger charge is -2.31. The molecule has 0 aromatic heterocycles. The predicted octanol–water partition coefficient (Wildman–Crippen LogP) is 1.06. The lowest BCUT2D eigenvalue weighted by Crippen LogP contribution is -2.46. The zero-order valence-electron chi connectivity index (χ0n) is 10.9. The van der Waals surface area contributed by atoms with E-state index in [9.17, 15) is 9.59 Å². The molecule has 104 valence electrons. The minimum Gasteiger partial charge on any atom is -0.481 e. The van der Waals surface area contributed by atoms with Gasteiger partial charge in [-0.05, 0) is 26.2 Å². The first-order valence-electron chi connectivity index (χ1n) is 6.49. The van der Waals surface area contributed by atoms with Crippen molar-refractivity contribution in [1.82, 2.24) is 10.2 Å². The van der Waals surface area contributed by atoms with Gasteiger partial charge >= 0.3 is 12.0 Å². The van der Waals surface area contributed by atoms with E-state index in [4.69, 9.17) is 9.84 Å². The number of carbonyl (C=O) groups is 2. The second-order valence-corrected chi connectivity index (χ2v) is 4.37. The third-order valence-electron chi connectivity index (χ3n) is 2.98. The lowest BCUT2D eigenvalue weighted by molar-refractivity contribution is -0.137. The second-order valence-electron chi connectivity index (χ2n) is 4.37. The van der Waals surface area contributed by atoms with Crippen LogP contribution in [0.5, 0.6) is 0 Å². The fourth-order valence-electron chi connectivity index (χ4n) is 2.01. The van der Waals surface area contributed by atoms with Crippen LogP contribution in [0.2, 0.25) is 0 Å². The molecule has 0 bridgehead atoms. The zero-order chi connectivity index (χ0) is 13.4.